The summed E-state index contributed by atoms with van der Waals surface area (Å²) in [5.41, 5.74) is 1.38. The van der Waals surface area contributed by atoms with Crippen LogP contribution in [0.4, 0.5) is 5.69 Å². The first-order valence-corrected chi connectivity index (χ1v) is 8.32. The first-order valence-electron chi connectivity index (χ1n) is 6.96. The molecule has 3 rings (SSSR count). The van der Waals surface area contributed by atoms with Crippen molar-refractivity contribution in [2.75, 3.05) is 17.2 Å². The van der Waals surface area contributed by atoms with Gasteiger partial charge in [0.2, 0.25) is 5.91 Å². The van der Waals surface area contributed by atoms with E-state index in [2.05, 4.69) is 0 Å². The Kier molecular flexibility index (Phi) is 4.50. The summed E-state index contributed by atoms with van der Waals surface area (Å²) in [4.78, 5) is 27.3. The molecule has 3 nitrogen and oxygen atoms in total. The van der Waals surface area contributed by atoms with Crippen molar-refractivity contribution in [3.63, 3.8) is 0 Å². The van der Waals surface area contributed by atoms with E-state index in [-0.39, 0.29) is 18.2 Å². The van der Waals surface area contributed by atoms with Crippen molar-refractivity contribution < 1.29 is 9.59 Å². The number of amides is 1. The van der Waals surface area contributed by atoms with Gasteiger partial charge in [0, 0.05) is 27.7 Å². The average molecular weight is 332 g/mol. The standard InChI is InChI=1S/C17H14ClNO2S/c18-13-6-7-14-16(10-13)22-9-8-17(21)19(14)11-15(20)12-4-2-1-3-5-12/h1-7,10H,8-9,11H2. The minimum absolute atomic E-state index is 0.0298. The zero-order chi connectivity index (χ0) is 15.5. The van der Waals surface area contributed by atoms with E-state index in [1.165, 1.54) is 0 Å². The average Bonchev–Trinajstić information content (AvgIpc) is 2.67. The number of carbonyl (C=O) groups is 2. The van der Waals surface area contributed by atoms with Crippen molar-refractivity contribution in [2.45, 2.75) is 11.3 Å². The highest BCUT2D eigenvalue weighted by atomic mass is 35.5. The first kappa shape index (κ1) is 15.1. The van der Waals surface area contributed by atoms with Gasteiger partial charge in [0.15, 0.2) is 5.78 Å². The van der Waals surface area contributed by atoms with E-state index in [9.17, 15) is 9.59 Å². The van der Waals surface area contributed by atoms with Crippen LogP contribution in [0.15, 0.2) is 53.4 Å². The van der Waals surface area contributed by atoms with E-state index in [1.54, 1.807) is 34.9 Å². The zero-order valence-electron chi connectivity index (χ0n) is 11.8. The van der Waals surface area contributed by atoms with Gasteiger partial charge in [-0.15, -0.1) is 11.8 Å². The topological polar surface area (TPSA) is 37.4 Å². The number of ketones is 1. The Bertz CT molecular complexity index is 718. The molecule has 0 atom stereocenters. The van der Waals surface area contributed by atoms with Crippen molar-refractivity contribution in [3.8, 4) is 0 Å². The van der Waals surface area contributed by atoms with E-state index in [1.807, 2.05) is 30.3 Å². The first-order chi connectivity index (χ1) is 10.6. The molecule has 0 radical (unpaired) electrons. The summed E-state index contributed by atoms with van der Waals surface area (Å²) in [7, 11) is 0. The molecule has 0 bridgehead atoms. The number of Topliss-reactive ketones (excluding diaryl/α,β-unsaturated/α-hetero) is 1. The van der Waals surface area contributed by atoms with E-state index in [0.29, 0.717) is 22.8 Å². The predicted octanol–water partition coefficient (Wildman–Crippen LogP) is 4.05. The minimum Gasteiger partial charge on any atom is -0.303 e. The van der Waals surface area contributed by atoms with E-state index in [4.69, 9.17) is 11.6 Å². The van der Waals surface area contributed by atoms with Crippen LogP contribution in [0, 0.1) is 0 Å². The SMILES string of the molecule is O=C(CN1C(=O)CCSc2cc(Cl)ccc21)c1ccccc1. The van der Waals surface area contributed by atoms with Gasteiger partial charge >= 0.3 is 0 Å². The lowest BCUT2D eigenvalue weighted by Crippen LogP contribution is -2.35. The van der Waals surface area contributed by atoms with Crippen molar-refractivity contribution in [3.05, 3.63) is 59.1 Å². The van der Waals surface area contributed by atoms with Crippen LogP contribution in [-0.4, -0.2) is 24.0 Å². The number of hydrogen-bond acceptors (Lipinski definition) is 3. The predicted molar refractivity (Wildman–Crippen MR) is 89.9 cm³/mol. The Morgan fingerprint density at radius 2 is 1.95 bits per heavy atom. The minimum atomic E-state index is -0.0678. The summed E-state index contributed by atoms with van der Waals surface area (Å²) in [5, 5.41) is 0.634. The highest BCUT2D eigenvalue weighted by molar-refractivity contribution is 7.99. The van der Waals surface area contributed by atoms with Crippen molar-refractivity contribution >= 4 is 40.7 Å². The summed E-state index contributed by atoms with van der Waals surface area (Å²) in [6.07, 6.45) is 0.416. The van der Waals surface area contributed by atoms with Crippen LogP contribution in [0.25, 0.3) is 0 Å². The van der Waals surface area contributed by atoms with Gasteiger partial charge in [0.25, 0.3) is 0 Å². The van der Waals surface area contributed by atoms with Gasteiger partial charge in [0.05, 0.1) is 12.2 Å². The van der Waals surface area contributed by atoms with Gasteiger partial charge in [-0.1, -0.05) is 41.9 Å². The second-order valence-electron chi connectivity index (χ2n) is 4.98. The lowest BCUT2D eigenvalue weighted by Gasteiger charge is -2.22. The Balaban J connectivity index is 1.92. The molecular weight excluding hydrogens is 318 g/mol. The highest BCUT2D eigenvalue weighted by Crippen LogP contribution is 2.36. The lowest BCUT2D eigenvalue weighted by molar-refractivity contribution is -0.118. The number of halogens is 1. The van der Waals surface area contributed by atoms with Crippen LogP contribution in [0.5, 0.6) is 0 Å². The molecule has 22 heavy (non-hydrogen) atoms. The summed E-state index contributed by atoms with van der Waals surface area (Å²) in [5.74, 6) is 0.599. The van der Waals surface area contributed by atoms with Crippen molar-refractivity contribution in [1.82, 2.24) is 0 Å². The fraction of sp³-hybridized carbons (Fsp3) is 0.176. The summed E-state index contributed by atoms with van der Waals surface area (Å²) < 4.78 is 0. The van der Waals surface area contributed by atoms with Gasteiger partial charge in [-0.2, -0.15) is 0 Å². The third kappa shape index (κ3) is 3.18. The van der Waals surface area contributed by atoms with Crippen LogP contribution in [0.1, 0.15) is 16.8 Å². The Labute approximate surface area is 138 Å². The number of thioether (sulfide) groups is 1. The third-order valence-electron chi connectivity index (χ3n) is 3.48. The maximum Gasteiger partial charge on any atom is 0.228 e. The number of hydrogen-bond donors (Lipinski definition) is 0. The molecular formula is C17H14ClNO2S. The normalized spacial score (nSPS) is 14.4. The smallest absolute Gasteiger partial charge is 0.228 e. The third-order valence-corrected chi connectivity index (χ3v) is 4.77. The molecule has 2 aromatic carbocycles. The number of anilines is 1. The Morgan fingerprint density at radius 3 is 2.73 bits per heavy atom. The van der Waals surface area contributed by atoms with Crippen molar-refractivity contribution in [2.24, 2.45) is 0 Å². The molecule has 5 heteroatoms. The van der Waals surface area contributed by atoms with Gasteiger partial charge in [-0.25, -0.2) is 0 Å². The number of carbonyl (C=O) groups excluding carboxylic acids is 2. The fourth-order valence-corrected chi connectivity index (χ4v) is 3.65. The van der Waals surface area contributed by atoms with Crippen LogP contribution in [0.3, 0.4) is 0 Å². The summed E-state index contributed by atoms with van der Waals surface area (Å²) >= 11 is 7.63. The van der Waals surface area contributed by atoms with Crippen LogP contribution in [-0.2, 0) is 4.79 Å². The lowest BCUT2D eigenvalue weighted by atomic mass is 10.1. The zero-order valence-corrected chi connectivity index (χ0v) is 13.4. The molecule has 1 amide bonds. The number of rotatable bonds is 3. The molecule has 0 spiro atoms. The molecule has 1 aliphatic heterocycles. The molecule has 0 unspecified atom stereocenters. The fourth-order valence-electron chi connectivity index (χ4n) is 2.38. The molecule has 0 aromatic heterocycles. The maximum atomic E-state index is 12.4. The second kappa shape index (κ2) is 6.55. The van der Waals surface area contributed by atoms with Crippen molar-refractivity contribution in [1.29, 1.82) is 0 Å². The van der Waals surface area contributed by atoms with E-state index in [0.717, 1.165) is 10.6 Å². The quantitative estimate of drug-likeness (QED) is 0.796. The molecule has 0 aliphatic carbocycles. The molecule has 0 fully saturated rings. The van der Waals surface area contributed by atoms with Gasteiger partial charge in [-0.05, 0) is 18.2 Å². The number of fused-ring (bicyclic) bond motifs is 1. The maximum absolute atomic E-state index is 12.4. The van der Waals surface area contributed by atoms with Crippen LogP contribution in [0.2, 0.25) is 5.02 Å². The summed E-state index contributed by atoms with van der Waals surface area (Å²) in [6, 6.07) is 14.4. The molecule has 0 N–H and O–H groups in total. The second-order valence-corrected chi connectivity index (χ2v) is 6.55. The molecule has 1 heterocycles. The molecule has 1 aliphatic rings. The van der Waals surface area contributed by atoms with Crippen LogP contribution < -0.4 is 4.90 Å². The highest BCUT2D eigenvalue weighted by Gasteiger charge is 2.25. The van der Waals surface area contributed by atoms with E-state index >= 15 is 0 Å². The monoisotopic (exact) mass is 331 g/mol. The van der Waals surface area contributed by atoms with Crippen LogP contribution >= 0.6 is 23.4 Å². The molecule has 112 valence electrons. The van der Waals surface area contributed by atoms with Gasteiger partial charge < -0.3 is 4.90 Å². The largest absolute Gasteiger partial charge is 0.303 e. The Morgan fingerprint density at radius 1 is 1.18 bits per heavy atom. The van der Waals surface area contributed by atoms with Gasteiger partial charge in [-0.3, -0.25) is 9.59 Å². The number of benzene rings is 2. The molecule has 0 saturated carbocycles. The molecule has 2 aromatic rings. The Hall–Kier alpha value is -1.78. The van der Waals surface area contributed by atoms with E-state index < -0.39 is 0 Å². The van der Waals surface area contributed by atoms with Gasteiger partial charge in [0.1, 0.15) is 0 Å². The molecule has 0 saturated heterocycles. The number of nitrogens with zero attached hydrogens (tertiary/aromatic N) is 1. The summed E-state index contributed by atoms with van der Waals surface area (Å²) in [6.45, 7) is 0.0536.